The molecule has 19 heavy (non-hydrogen) atoms. The summed E-state index contributed by atoms with van der Waals surface area (Å²) in [6.07, 6.45) is 9.05. The minimum Gasteiger partial charge on any atom is -0.480 e. The zero-order valence-corrected chi connectivity index (χ0v) is 11.5. The molecule has 1 N–H and O–H groups in total. The Balaban J connectivity index is 1.57. The largest absolute Gasteiger partial charge is 0.480 e. The second-order valence-electron chi connectivity index (χ2n) is 6.66. The average molecular weight is 258 g/mol. The Bertz CT molecular complexity index is 446. The lowest BCUT2D eigenvalue weighted by Crippen LogP contribution is -2.51. The smallest absolute Gasteiger partial charge is 0.237 e. The van der Waals surface area contributed by atoms with Crippen molar-refractivity contribution in [3.05, 3.63) is 18.3 Å². The van der Waals surface area contributed by atoms with Gasteiger partial charge in [-0.3, -0.25) is 0 Å². The summed E-state index contributed by atoms with van der Waals surface area (Å²) in [5.41, 5.74) is 1.07. The van der Waals surface area contributed by atoms with Gasteiger partial charge in [-0.25, -0.2) is 4.98 Å². The van der Waals surface area contributed by atoms with Gasteiger partial charge in [0, 0.05) is 12.2 Å². The Labute approximate surface area is 114 Å². The lowest BCUT2D eigenvalue weighted by molar-refractivity contribution is 0.00746. The van der Waals surface area contributed by atoms with Crippen molar-refractivity contribution < 1.29 is 4.74 Å². The molecule has 4 aliphatic rings. The molecular weight excluding hydrogens is 236 g/mol. The van der Waals surface area contributed by atoms with Crippen molar-refractivity contribution in [2.45, 2.75) is 38.1 Å². The maximum Gasteiger partial charge on any atom is 0.237 e. The van der Waals surface area contributed by atoms with Gasteiger partial charge in [0.2, 0.25) is 5.88 Å². The van der Waals surface area contributed by atoms with Crippen molar-refractivity contribution in [1.29, 1.82) is 0 Å². The number of nitrogens with zero attached hydrogens (tertiary/aromatic N) is 1. The zero-order valence-electron chi connectivity index (χ0n) is 11.5. The van der Waals surface area contributed by atoms with Crippen molar-refractivity contribution in [3.8, 4) is 5.88 Å². The quantitative estimate of drug-likeness (QED) is 0.903. The average Bonchev–Trinajstić information content (AvgIpc) is 2.42. The summed E-state index contributed by atoms with van der Waals surface area (Å²) in [7, 11) is 1.70. The Morgan fingerprint density at radius 2 is 1.79 bits per heavy atom. The van der Waals surface area contributed by atoms with Crippen molar-refractivity contribution in [3.63, 3.8) is 0 Å². The monoisotopic (exact) mass is 258 g/mol. The minimum atomic E-state index is 0.644. The van der Waals surface area contributed by atoms with Crippen LogP contribution in [0, 0.1) is 23.7 Å². The zero-order chi connectivity index (χ0) is 12.8. The van der Waals surface area contributed by atoms with Gasteiger partial charge in [-0.2, -0.15) is 0 Å². The molecule has 0 spiro atoms. The topological polar surface area (TPSA) is 34.1 Å². The molecule has 1 aromatic heterocycles. The molecule has 4 aliphatic carbocycles. The van der Waals surface area contributed by atoms with Crippen molar-refractivity contribution in [2.75, 3.05) is 12.4 Å². The number of hydrogen-bond acceptors (Lipinski definition) is 3. The first-order valence-corrected chi connectivity index (χ1v) is 7.59. The van der Waals surface area contributed by atoms with Crippen LogP contribution in [0.4, 0.5) is 5.69 Å². The highest BCUT2D eigenvalue weighted by molar-refractivity contribution is 5.53. The lowest BCUT2D eigenvalue weighted by atomic mass is 9.54. The number of hydrogen-bond donors (Lipinski definition) is 1. The first-order chi connectivity index (χ1) is 9.33. The van der Waals surface area contributed by atoms with E-state index in [2.05, 4.69) is 16.4 Å². The number of ether oxygens (including phenoxy) is 1. The Morgan fingerprint density at radius 3 is 2.42 bits per heavy atom. The first kappa shape index (κ1) is 11.6. The fourth-order valence-corrected chi connectivity index (χ4v) is 5.00. The van der Waals surface area contributed by atoms with Gasteiger partial charge in [-0.05, 0) is 67.9 Å². The molecular formula is C16H22N2O. The van der Waals surface area contributed by atoms with Crippen LogP contribution in [0.1, 0.15) is 32.1 Å². The summed E-state index contributed by atoms with van der Waals surface area (Å²) in [5.74, 6) is 4.53. The highest BCUT2D eigenvalue weighted by Gasteiger charge is 2.48. The summed E-state index contributed by atoms with van der Waals surface area (Å²) in [5, 5.41) is 3.76. The van der Waals surface area contributed by atoms with E-state index in [1.807, 2.05) is 6.07 Å². The fraction of sp³-hybridized carbons (Fsp3) is 0.688. The number of aromatic nitrogens is 1. The molecule has 0 aliphatic heterocycles. The van der Waals surface area contributed by atoms with Crippen LogP contribution in [0.3, 0.4) is 0 Å². The molecule has 4 saturated carbocycles. The van der Waals surface area contributed by atoms with Gasteiger partial charge in [0.15, 0.2) is 0 Å². The molecule has 1 heterocycles. The molecule has 0 saturated heterocycles. The molecule has 4 fully saturated rings. The van der Waals surface area contributed by atoms with Gasteiger partial charge >= 0.3 is 0 Å². The van der Waals surface area contributed by atoms with E-state index in [4.69, 9.17) is 4.74 Å². The van der Waals surface area contributed by atoms with Crippen LogP contribution in [-0.4, -0.2) is 18.1 Å². The van der Waals surface area contributed by atoms with Gasteiger partial charge in [0.25, 0.3) is 0 Å². The molecule has 4 bridgehead atoms. The molecule has 0 aromatic carbocycles. The number of pyridine rings is 1. The molecule has 102 valence electrons. The molecule has 0 unspecified atom stereocenters. The van der Waals surface area contributed by atoms with Crippen LogP contribution in [0.15, 0.2) is 18.3 Å². The number of nitrogens with one attached hydrogen (secondary N) is 1. The first-order valence-electron chi connectivity index (χ1n) is 7.59. The number of rotatable bonds is 3. The van der Waals surface area contributed by atoms with Crippen LogP contribution >= 0.6 is 0 Å². The fourth-order valence-electron chi connectivity index (χ4n) is 5.00. The summed E-state index contributed by atoms with van der Waals surface area (Å²) in [6.45, 7) is 0. The van der Waals surface area contributed by atoms with Gasteiger partial charge in [-0.1, -0.05) is 0 Å². The summed E-state index contributed by atoms with van der Waals surface area (Å²) < 4.78 is 5.37. The van der Waals surface area contributed by atoms with Crippen LogP contribution in [-0.2, 0) is 0 Å². The molecule has 5 rings (SSSR count). The van der Waals surface area contributed by atoms with Crippen LogP contribution in [0.2, 0.25) is 0 Å². The van der Waals surface area contributed by atoms with Crippen molar-refractivity contribution in [2.24, 2.45) is 23.7 Å². The molecule has 0 atom stereocenters. The Hall–Kier alpha value is -1.25. The third-order valence-corrected chi connectivity index (χ3v) is 5.51. The van der Waals surface area contributed by atoms with Gasteiger partial charge in [0.1, 0.15) is 0 Å². The SMILES string of the molecule is COc1ncccc1NC1C2CC3CC(C2)CC1C3. The standard InChI is InChI=1S/C16H22N2O/c1-19-16-14(3-2-4-17-16)18-15-12-6-10-5-11(8-12)9-13(15)7-10/h2-4,10-13,15,18H,5-9H2,1H3. The maximum atomic E-state index is 5.37. The van der Waals surface area contributed by atoms with E-state index < -0.39 is 0 Å². The second-order valence-corrected chi connectivity index (χ2v) is 6.66. The normalized spacial score (nSPS) is 39.3. The number of methoxy groups -OCH3 is 1. The molecule has 0 amide bonds. The van der Waals surface area contributed by atoms with E-state index in [0.29, 0.717) is 6.04 Å². The van der Waals surface area contributed by atoms with Crippen molar-refractivity contribution in [1.82, 2.24) is 4.98 Å². The van der Waals surface area contributed by atoms with Gasteiger partial charge < -0.3 is 10.1 Å². The predicted molar refractivity (Wildman–Crippen MR) is 75.2 cm³/mol. The maximum absolute atomic E-state index is 5.37. The van der Waals surface area contributed by atoms with E-state index in [1.54, 1.807) is 13.3 Å². The molecule has 3 nitrogen and oxygen atoms in total. The second kappa shape index (κ2) is 4.39. The van der Waals surface area contributed by atoms with E-state index in [-0.39, 0.29) is 0 Å². The lowest BCUT2D eigenvalue weighted by Gasteiger charge is -2.54. The third kappa shape index (κ3) is 1.90. The summed E-state index contributed by atoms with van der Waals surface area (Å²) in [6, 6.07) is 4.73. The number of anilines is 1. The third-order valence-electron chi connectivity index (χ3n) is 5.51. The van der Waals surface area contributed by atoms with Crippen molar-refractivity contribution >= 4 is 5.69 Å². The van der Waals surface area contributed by atoms with Gasteiger partial charge in [0.05, 0.1) is 12.8 Å². The summed E-state index contributed by atoms with van der Waals surface area (Å²) >= 11 is 0. The Kier molecular flexibility index (Phi) is 2.68. The van der Waals surface area contributed by atoms with E-state index >= 15 is 0 Å². The molecule has 0 radical (unpaired) electrons. The van der Waals surface area contributed by atoms with E-state index in [1.165, 1.54) is 32.1 Å². The highest BCUT2D eigenvalue weighted by atomic mass is 16.5. The van der Waals surface area contributed by atoms with Crippen LogP contribution in [0.5, 0.6) is 5.88 Å². The molecule has 1 aromatic rings. The van der Waals surface area contributed by atoms with E-state index in [9.17, 15) is 0 Å². The molecule has 3 heteroatoms. The van der Waals surface area contributed by atoms with E-state index in [0.717, 1.165) is 35.2 Å². The highest BCUT2D eigenvalue weighted by Crippen LogP contribution is 2.54. The van der Waals surface area contributed by atoms with Crippen LogP contribution < -0.4 is 10.1 Å². The Morgan fingerprint density at radius 1 is 1.11 bits per heavy atom. The predicted octanol–water partition coefficient (Wildman–Crippen LogP) is 3.33. The summed E-state index contributed by atoms with van der Waals surface area (Å²) in [4.78, 5) is 4.30. The van der Waals surface area contributed by atoms with Gasteiger partial charge in [-0.15, -0.1) is 0 Å². The minimum absolute atomic E-state index is 0.644. The van der Waals surface area contributed by atoms with Crippen LogP contribution in [0.25, 0.3) is 0 Å².